The van der Waals surface area contributed by atoms with E-state index in [1.807, 2.05) is 48.5 Å². The van der Waals surface area contributed by atoms with E-state index in [1.54, 1.807) is 18.3 Å². The fourth-order valence-electron chi connectivity index (χ4n) is 4.84. The van der Waals surface area contributed by atoms with Crippen LogP contribution in [-0.2, 0) is 28.9 Å². The molecule has 1 aliphatic heterocycles. The summed E-state index contributed by atoms with van der Waals surface area (Å²) in [6, 6.07) is 18.0. The fourth-order valence-corrected chi connectivity index (χ4v) is 4.84. The van der Waals surface area contributed by atoms with Crippen molar-refractivity contribution in [1.29, 1.82) is 0 Å². The number of hydrogen-bond donors (Lipinski definition) is 1. The Morgan fingerprint density at radius 2 is 1.76 bits per heavy atom. The van der Waals surface area contributed by atoms with E-state index < -0.39 is 17.7 Å². The number of aliphatic hydroxyl groups excluding tert-OH is 1. The number of fused-ring (bicyclic) bond motifs is 1. The molecular weight excluding hydrogens is 412 g/mol. The van der Waals surface area contributed by atoms with Crippen molar-refractivity contribution in [2.24, 2.45) is 0 Å². The fraction of sp³-hybridized carbons (Fsp3) is 0.250. The van der Waals surface area contributed by atoms with Gasteiger partial charge in [0.25, 0.3) is 11.7 Å². The highest BCUT2D eigenvalue weighted by atomic mass is 16.3. The molecule has 0 saturated carbocycles. The van der Waals surface area contributed by atoms with Crippen LogP contribution in [0.15, 0.2) is 72.4 Å². The van der Waals surface area contributed by atoms with Crippen LogP contribution in [0.5, 0.6) is 0 Å². The van der Waals surface area contributed by atoms with Crippen molar-refractivity contribution in [2.45, 2.75) is 45.1 Å². The molecule has 1 fully saturated rings. The molecule has 1 N–H and O–H groups in total. The summed E-state index contributed by atoms with van der Waals surface area (Å²) in [7, 11) is 0. The maximum atomic E-state index is 13.3. The van der Waals surface area contributed by atoms with Gasteiger partial charge >= 0.3 is 0 Å². The van der Waals surface area contributed by atoms with Crippen molar-refractivity contribution in [3.63, 3.8) is 0 Å². The van der Waals surface area contributed by atoms with Gasteiger partial charge in [0.15, 0.2) is 0 Å². The first-order valence-corrected chi connectivity index (χ1v) is 11.5. The summed E-state index contributed by atoms with van der Waals surface area (Å²) in [5.41, 5.74) is 5.41. The van der Waals surface area contributed by atoms with Crippen LogP contribution in [0.3, 0.4) is 0 Å². The number of carbonyl (C=O) groups is 2. The number of aryl methyl sites for hydroxylation is 3. The van der Waals surface area contributed by atoms with E-state index in [-0.39, 0.29) is 11.3 Å². The second-order valence-electron chi connectivity index (χ2n) is 8.63. The number of anilines is 1. The summed E-state index contributed by atoms with van der Waals surface area (Å²) < 4.78 is 0. The van der Waals surface area contributed by atoms with Gasteiger partial charge in [-0.15, -0.1) is 0 Å². The molecule has 1 unspecified atom stereocenters. The molecule has 1 aromatic heterocycles. The van der Waals surface area contributed by atoms with E-state index in [0.29, 0.717) is 16.9 Å². The van der Waals surface area contributed by atoms with E-state index >= 15 is 0 Å². The molecule has 1 amide bonds. The number of rotatable bonds is 4. The summed E-state index contributed by atoms with van der Waals surface area (Å²) in [5.74, 6) is -1.50. The topological polar surface area (TPSA) is 70.5 Å². The Kier molecular flexibility index (Phi) is 5.55. The Bertz CT molecular complexity index is 1250. The standard InChI is InChI=1S/C28H26N2O3/c1-2-18-10-14-22(15-11-18)30-25(23-9-5-6-16-29-23)24(27(32)28(30)33)26(31)21-13-12-19-7-3-4-8-20(19)17-21/h5-6,9-17,25,31H,2-4,7-8H2,1H3/b26-24-. The molecule has 3 aromatic rings. The lowest BCUT2D eigenvalue weighted by molar-refractivity contribution is -0.132. The molecular formula is C28H26N2O3. The molecule has 5 heteroatoms. The van der Waals surface area contributed by atoms with Crippen LogP contribution < -0.4 is 4.90 Å². The SMILES string of the molecule is CCc1ccc(N2C(=O)C(=O)/C(=C(\O)c3ccc4c(c3)CCCC4)C2c2ccccn2)cc1. The van der Waals surface area contributed by atoms with Crippen molar-refractivity contribution >= 4 is 23.1 Å². The highest BCUT2D eigenvalue weighted by Gasteiger charge is 2.47. The Hall–Kier alpha value is -3.73. The molecule has 5 rings (SSSR count). The number of hydrogen-bond acceptors (Lipinski definition) is 4. The summed E-state index contributed by atoms with van der Waals surface area (Å²) in [6.45, 7) is 2.06. The van der Waals surface area contributed by atoms with Crippen LogP contribution in [0, 0.1) is 0 Å². The number of pyridine rings is 1. The number of aromatic nitrogens is 1. The van der Waals surface area contributed by atoms with Gasteiger partial charge in [0.05, 0.1) is 11.3 Å². The lowest BCUT2D eigenvalue weighted by atomic mass is 9.89. The number of aliphatic hydroxyl groups is 1. The zero-order valence-corrected chi connectivity index (χ0v) is 18.6. The first kappa shape index (κ1) is 21.1. The molecule has 0 spiro atoms. The van der Waals surface area contributed by atoms with Crippen LogP contribution in [0.1, 0.15) is 53.8 Å². The van der Waals surface area contributed by atoms with Gasteiger partial charge in [-0.25, -0.2) is 0 Å². The molecule has 1 atom stereocenters. The van der Waals surface area contributed by atoms with Crippen molar-refractivity contribution in [1.82, 2.24) is 4.98 Å². The molecule has 166 valence electrons. The Balaban J connectivity index is 1.66. The summed E-state index contributed by atoms with van der Waals surface area (Å²) in [4.78, 5) is 32.4. The van der Waals surface area contributed by atoms with Crippen molar-refractivity contribution in [3.05, 3.63) is 100 Å². The highest BCUT2D eigenvalue weighted by Crippen LogP contribution is 2.41. The van der Waals surface area contributed by atoms with Crippen molar-refractivity contribution < 1.29 is 14.7 Å². The zero-order valence-electron chi connectivity index (χ0n) is 18.6. The number of ketones is 1. The molecule has 1 aliphatic carbocycles. The van der Waals surface area contributed by atoms with E-state index in [9.17, 15) is 14.7 Å². The minimum atomic E-state index is -0.797. The number of nitrogens with zero attached hydrogens (tertiary/aromatic N) is 2. The predicted octanol–water partition coefficient (Wildman–Crippen LogP) is 5.15. The third kappa shape index (κ3) is 3.74. The maximum absolute atomic E-state index is 13.3. The van der Waals surface area contributed by atoms with Gasteiger partial charge < -0.3 is 5.11 Å². The zero-order chi connectivity index (χ0) is 22.9. The Morgan fingerprint density at radius 3 is 2.45 bits per heavy atom. The van der Waals surface area contributed by atoms with Crippen molar-refractivity contribution in [3.8, 4) is 0 Å². The second-order valence-corrected chi connectivity index (χ2v) is 8.63. The van der Waals surface area contributed by atoms with E-state index in [1.165, 1.54) is 22.4 Å². The quantitative estimate of drug-likeness (QED) is 0.347. The normalized spacial score (nSPS) is 19.5. The molecule has 2 heterocycles. The lowest BCUT2D eigenvalue weighted by Crippen LogP contribution is -2.29. The monoisotopic (exact) mass is 438 g/mol. The average molecular weight is 439 g/mol. The molecule has 0 bridgehead atoms. The van der Waals surface area contributed by atoms with Gasteiger partial charge in [0, 0.05) is 17.4 Å². The first-order valence-electron chi connectivity index (χ1n) is 11.5. The van der Waals surface area contributed by atoms with Gasteiger partial charge in [-0.05, 0) is 79.1 Å². The molecule has 33 heavy (non-hydrogen) atoms. The number of carbonyl (C=O) groups excluding carboxylic acids is 2. The largest absolute Gasteiger partial charge is 0.507 e. The van der Waals surface area contributed by atoms with E-state index in [4.69, 9.17) is 0 Å². The van der Waals surface area contributed by atoms with E-state index in [0.717, 1.165) is 31.2 Å². The molecule has 5 nitrogen and oxygen atoms in total. The number of amides is 1. The minimum absolute atomic E-state index is 0.0778. The van der Waals surface area contributed by atoms with E-state index in [2.05, 4.69) is 11.9 Å². The Morgan fingerprint density at radius 1 is 1.00 bits per heavy atom. The summed E-state index contributed by atoms with van der Waals surface area (Å²) >= 11 is 0. The van der Waals surface area contributed by atoms with Crippen LogP contribution in [0.2, 0.25) is 0 Å². The van der Waals surface area contributed by atoms with Gasteiger partial charge in [-0.1, -0.05) is 37.3 Å². The molecule has 2 aromatic carbocycles. The third-order valence-corrected chi connectivity index (χ3v) is 6.66. The van der Waals surface area contributed by atoms with Crippen LogP contribution >= 0.6 is 0 Å². The minimum Gasteiger partial charge on any atom is -0.507 e. The number of Topliss-reactive ketones (excluding diaryl/α,β-unsaturated/α-hetero) is 1. The third-order valence-electron chi connectivity index (χ3n) is 6.66. The molecule has 2 aliphatic rings. The lowest BCUT2D eigenvalue weighted by Gasteiger charge is -2.25. The smallest absolute Gasteiger partial charge is 0.300 e. The Labute approximate surface area is 193 Å². The highest BCUT2D eigenvalue weighted by molar-refractivity contribution is 6.51. The average Bonchev–Trinajstić information content (AvgIpc) is 3.14. The summed E-state index contributed by atoms with van der Waals surface area (Å²) in [5, 5.41) is 11.3. The van der Waals surface area contributed by atoms with Gasteiger partial charge in [0.2, 0.25) is 0 Å². The second kappa shape index (κ2) is 8.66. The van der Waals surface area contributed by atoms with Crippen LogP contribution in [0.25, 0.3) is 5.76 Å². The first-order chi connectivity index (χ1) is 16.1. The van der Waals surface area contributed by atoms with Crippen LogP contribution in [-0.4, -0.2) is 21.8 Å². The van der Waals surface area contributed by atoms with Crippen molar-refractivity contribution in [2.75, 3.05) is 4.90 Å². The number of benzene rings is 2. The molecule has 0 radical (unpaired) electrons. The van der Waals surface area contributed by atoms with Gasteiger partial charge in [0.1, 0.15) is 11.8 Å². The van der Waals surface area contributed by atoms with Crippen LogP contribution in [0.4, 0.5) is 5.69 Å². The predicted molar refractivity (Wildman–Crippen MR) is 128 cm³/mol. The van der Waals surface area contributed by atoms with Gasteiger partial charge in [-0.2, -0.15) is 0 Å². The molecule has 1 saturated heterocycles. The van der Waals surface area contributed by atoms with Gasteiger partial charge in [-0.3, -0.25) is 19.5 Å². The maximum Gasteiger partial charge on any atom is 0.300 e. The summed E-state index contributed by atoms with van der Waals surface area (Å²) in [6.07, 6.45) is 6.78.